The average molecular weight is 480 g/mol. The molecule has 1 N–H and O–H groups in total. The van der Waals surface area contributed by atoms with E-state index in [1.165, 1.54) is 16.2 Å². The molecule has 29 heavy (non-hydrogen) atoms. The van der Waals surface area contributed by atoms with Crippen molar-refractivity contribution in [2.24, 2.45) is 0 Å². The molecule has 0 saturated carbocycles. The topological polar surface area (TPSA) is 62.3 Å². The summed E-state index contributed by atoms with van der Waals surface area (Å²) in [4.78, 5) is 31.2. The quantitative estimate of drug-likeness (QED) is 0.398. The Morgan fingerprint density at radius 3 is 2.66 bits per heavy atom. The van der Waals surface area contributed by atoms with Gasteiger partial charge in [-0.25, -0.2) is 4.98 Å². The Kier molecular flexibility index (Phi) is 5.89. The third-order valence-corrected chi connectivity index (χ3v) is 6.74. The van der Waals surface area contributed by atoms with E-state index in [1.54, 1.807) is 48.5 Å². The van der Waals surface area contributed by atoms with Crippen LogP contribution in [0, 0.1) is 0 Å². The van der Waals surface area contributed by atoms with Gasteiger partial charge in [0, 0.05) is 10.0 Å². The minimum Gasteiger partial charge on any atom is -0.300 e. The second-order valence-corrected chi connectivity index (χ2v) is 9.58. The molecule has 1 aliphatic rings. The van der Waals surface area contributed by atoms with Gasteiger partial charge in [0.15, 0.2) is 5.13 Å². The fourth-order valence-electron chi connectivity index (χ4n) is 2.60. The number of nitrogens with one attached hydrogen (secondary N) is 1. The lowest BCUT2D eigenvalue weighted by molar-refractivity contribution is -0.126. The van der Waals surface area contributed by atoms with Crippen LogP contribution in [0.5, 0.6) is 0 Å². The number of anilines is 1. The van der Waals surface area contributed by atoms with Crippen LogP contribution >= 0.6 is 58.5 Å². The third kappa shape index (κ3) is 4.62. The number of thioether (sulfide) groups is 1. The SMILES string of the molecule is O=C(CN1C(=O)/C(=C/c2ccc(Cl)cc2)SC1=S)Nc1nc2ccc(Cl)cc2s1. The predicted octanol–water partition coefficient (Wildman–Crippen LogP) is 5.44. The van der Waals surface area contributed by atoms with Gasteiger partial charge in [-0.05, 0) is 42.0 Å². The van der Waals surface area contributed by atoms with Crippen molar-refractivity contribution >= 4 is 96.1 Å². The van der Waals surface area contributed by atoms with Crippen LogP contribution in [-0.2, 0) is 9.59 Å². The highest BCUT2D eigenvalue weighted by Crippen LogP contribution is 2.33. The first kappa shape index (κ1) is 20.3. The number of rotatable bonds is 4. The van der Waals surface area contributed by atoms with Crippen LogP contribution < -0.4 is 5.32 Å². The second-order valence-electron chi connectivity index (χ2n) is 6.00. The van der Waals surface area contributed by atoms with E-state index in [0.29, 0.717) is 24.4 Å². The third-order valence-electron chi connectivity index (χ3n) is 3.94. The highest BCUT2D eigenvalue weighted by Gasteiger charge is 2.33. The van der Waals surface area contributed by atoms with Crippen molar-refractivity contribution in [2.45, 2.75) is 0 Å². The maximum absolute atomic E-state index is 12.7. The predicted molar refractivity (Wildman–Crippen MR) is 125 cm³/mol. The molecule has 0 aliphatic carbocycles. The fourth-order valence-corrected chi connectivity index (χ4v) is 5.14. The molecule has 1 aliphatic heterocycles. The van der Waals surface area contributed by atoms with Crippen LogP contribution in [0.4, 0.5) is 5.13 Å². The van der Waals surface area contributed by atoms with Crippen molar-refractivity contribution in [3.63, 3.8) is 0 Å². The first-order valence-corrected chi connectivity index (χ1v) is 11.1. The van der Waals surface area contributed by atoms with Crippen LogP contribution in [0.15, 0.2) is 47.4 Å². The summed E-state index contributed by atoms with van der Waals surface area (Å²) in [5, 5.41) is 4.37. The largest absolute Gasteiger partial charge is 0.300 e. The summed E-state index contributed by atoms with van der Waals surface area (Å²) in [5.74, 6) is -0.680. The molecule has 1 saturated heterocycles. The van der Waals surface area contributed by atoms with Crippen molar-refractivity contribution in [2.75, 3.05) is 11.9 Å². The standard InChI is InChI=1S/C19H11Cl2N3O2S3/c20-11-3-1-10(2-4-11)7-15-17(26)24(19(27)29-15)9-16(25)23-18-22-13-6-5-12(21)8-14(13)28-18/h1-8H,9H2,(H,22,23,25)/b15-7-. The van der Waals surface area contributed by atoms with Gasteiger partial charge in [-0.15, -0.1) is 0 Å². The van der Waals surface area contributed by atoms with Gasteiger partial charge in [0.05, 0.1) is 15.1 Å². The Labute approximate surface area is 189 Å². The lowest BCUT2D eigenvalue weighted by atomic mass is 10.2. The van der Waals surface area contributed by atoms with Crippen LogP contribution in [0.2, 0.25) is 10.0 Å². The summed E-state index contributed by atoms with van der Waals surface area (Å²) in [6.07, 6.45) is 1.73. The summed E-state index contributed by atoms with van der Waals surface area (Å²) >= 11 is 19.6. The van der Waals surface area contributed by atoms with E-state index in [1.807, 2.05) is 0 Å². The van der Waals surface area contributed by atoms with E-state index in [9.17, 15) is 9.59 Å². The van der Waals surface area contributed by atoms with Crippen molar-refractivity contribution in [1.29, 1.82) is 0 Å². The minimum atomic E-state index is -0.376. The van der Waals surface area contributed by atoms with Gasteiger partial charge in [0.1, 0.15) is 10.9 Å². The number of halogens is 2. The Morgan fingerprint density at radius 1 is 1.17 bits per heavy atom. The Hall–Kier alpha value is -1.97. The summed E-state index contributed by atoms with van der Waals surface area (Å²) < 4.78 is 1.20. The maximum atomic E-state index is 12.7. The molecule has 1 fully saturated rings. The molecule has 2 aromatic carbocycles. The summed E-state index contributed by atoms with van der Waals surface area (Å²) in [6.45, 7) is -0.181. The highest BCUT2D eigenvalue weighted by molar-refractivity contribution is 8.26. The van der Waals surface area contributed by atoms with Crippen LogP contribution in [0.25, 0.3) is 16.3 Å². The number of amides is 2. The zero-order chi connectivity index (χ0) is 20.5. The number of aromatic nitrogens is 1. The smallest absolute Gasteiger partial charge is 0.266 e. The summed E-state index contributed by atoms with van der Waals surface area (Å²) in [6, 6.07) is 12.4. The number of hydrogen-bond acceptors (Lipinski definition) is 6. The van der Waals surface area contributed by atoms with Gasteiger partial charge in [0.25, 0.3) is 5.91 Å². The van der Waals surface area contributed by atoms with Crippen LogP contribution in [0.3, 0.4) is 0 Å². The Balaban J connectivity index is 1.45. The second kappa shape index (κ2) is 8.41. The van der Waals surface area contributed by atoms with E-state index in [0.717, 1.165) is 27.5 Å². The number of thiazole rings is 1. The van der Waals surface area contributed by atoms with Crippen molar-refractivity contribution in [1.82, 2.24) is 9.88 Å². The number of nitrogens with zero attached hydrogens (tertiary/aromatic N) is 2. The minimum absolute atomic E-state index is 0.181. The van der Waals surface area contributed by atoms with Gasteiger partial charge >= 0.3 is 0 Å². The van der Waals surface area contributed by atoms with Crippen LogP contribution in [-0.4, -0.2) is 32.6 Å². The molecule has 0 radical (unpaired) electrons. The van der Waals surface area contributed by atoms with E-state index < -0.39 is 0 Å². The van der Waals surface area contributed by atoms with Crippen molar-refractivity contribution in [3.05, 3.63) is 63.0 Å². The molecule has 2 heterocycles. The molecule has 1 aromatic heterocycles. The molecule has 0 unspecified atom stereocenters. The normalized spacial score (nSPS) is 15.5. The first-order valence-electron chi connectivity index (χ1n) is 8.26. The lowest BCUT2D eigenvalue weighted by Gasteiger charge is -2.13. The molecule has 146 valence electrons. The Morgan fingerprint density at radius 2 is 1.90 bits per heavy atom. The van der Waals surface area contributed by atoms with E-state index in [-0.39, 0.29) is 18.4 Å². The zero-order valence-corrected chi connectivity index (χ0v) is 18.5. The van der Waals surface area contributed by atoms with Gasteiger partial charge in [-0.3, -0.25) is 14.5 Å². The number of thiocarbonyl (C=S) groups is 1. The number of carbonyl (C=O) groups is 2. The molecular weight excluding hydrogens is 469 g/mol. The Bertz CT molecular complexity index is 1180. The highest BCUT2D eigenvalue weighted by atomic mass is 35.5. The lowest BCUT2D eigenvalue weighted by Crippen LogP contribution is -2.36. The molecule has 3 aromatic rings. The summed E-state index contributed by atoms with van der Waals surface area (Å²) in [7, 11) is 0. The molecular formula is C19H11Cl2N3O2S3. The van der Waals surface area contributed by atoms with Crippen LogP contribution in [0.1, 0.15) is 5.56 Å². The number of benzene rings is 2. The molecule has 0 bridgehead atoms. The summed E-state index contributed by atoms with van der Waals surface area (Å²) in [5.41, 5.74) is 1.57. The molecule has 0 spiro atoms. The monoisotopic (exact) mass is 479 g/mol. The maximum Gasteiger partial charge on any atom is 0.266 e. The van der Waals surface area contributed by atoms with Crippen molar-refractivity contribution in [3.8, 4) is 0 Å². The van der Waals surface area contributed by atoms with Gasteiger partial charge < -0.3 is 5.32 Å². The van der Waals surface area contributed by atoms with E-state index >= 15 is 0 Å². The molecule has 0 atom stereocenters. The van der Waals surface area contributed by atoms with Crippen molar-refractivity contribution < 1.29 is 9.59 Å². The molecule has 10 heteroatoms. The number of hydrogen-bond donors (Lipinski definition) is 1. The number of fused-ring (bicyclic) bond motifs is 1. The fraction of sp³-hybridized carbons (Fsp3) is 0.0526. The van der Waals surface area contributed by atoms with Gasteiger partial charge in [-0.2, -0.15) is 0 Å². The van der Waals surface area contributed by atoms with E-state index in [2.05, 4.69) is 10.3 Å². The average Bonchev–Trinajstić information content (AvgIpc) is 3.18. The first-order chi connectivity index (χ1) is 13.9. The van der Waals surface area contributed by atoms with Gasteiger partial charge in [-0.1, -0.05) is 70.7 Å². The molecule has 4 rings (SSSR count). The van der Waals surface area contributed by atoms with Gasteiger partial charge in [0.2, 0.25) is 5.91 Å². The molecule has 2 amide bonds. The zero-order valence-electron chi connectivity index (χ0n) is 14.5. The molecule has 5 nitrogen and oxygen atoms in total. The van der Waals surface area contributed by atoms with E-state index in [4.69, 9.17) is 35.4 Å². The number of carbonyl (C=O) groups excluding carboxylic acids is 2.